The second kappa shape index (κ2) is 4.22. The Morgan fingerprint density at radius 1 is 1.47 bits per heavy atom. The molecule has 0 aliphatic carbocycles. The van der Waals surface area contributed by atoms with Crippen molar-refractivity contribution in [2.45, 2.75) is 39.3 Å². The SMILES string of the molecule is CCOC(=O)N1C(C(C)=C(Cl)Cl)C1(C)C. The first-order valence-corrected chi connectivity index (χ1v) is 5.57. The lowest BCUT2D eigenvalue weighted by molar-refractivity contribution is 0.130. The highest BCUT2D eigenvalue weighted by molar-refractivity contribution is 6.56. The molecule has 1 aliphatic heterocycles. The molecule has 1 saturated heterocycles. The van der Waals surface area contributed by atoms with E-state index in [0.717, 1.165) is 5.57 Å². The molecule has 15 heavy (non-hydrogen) atoms. The van der Waals surface area contributed by atoms with Crippen LogP contribution < -0.4 is 0 Å². The molecule has 1 rings (SSSR count). The van der Waals surface area contributed by atoms with Crippen LogP contribution in [0.1, 0.15) is 27.7 Å². The van der Waals surface area contributed by atoms with Gasteiger partial charge in [-0.15, -0.1) is 0 Å². The molecule has 1 heterocycles. The molecule has 5 heteroatoms. The van der Waals surface area contributed by atoms with Crippen molar-refractivity contribution in [3.63, 3.8) is 0 Å². The van der Waals surface area contributed by atoms with E-state index in [4.69, 9.17) is 27.9 Å². The second-order valence-electron chi connectivity index (χ2n) is 4.07. The molecule has 3 nitrogen and oxygen atoms in total. The normalized spacial score (nSPS) is 22.3. The minimum atomic E-state index is -0.318. The van der Waals surface area contributed by atoms with Gasteiger partial charge in [0.2, 0.25) is 0 Å². The van der Waals surface area contributed by atoms with Crippen LogP contribution in [0.4, 0.5) is 4.79 Å². The van der Waals surface area contributed by atoms with E-state index in [-0.39, 0.29) is 22.2 Å². The molecular weight excluding hydrogens is 237 g/mol. The van der Waals surface area contributed by atoms with E-state index in [1.54, 1.807) is 11.8 Å². The molecule has 0 aromatic rings. The Kier molecular flexibility index (Phi) is 3.56. The molecule has 1 aliphatic rings. The maximum atomic E-state index is 11.6. The molecule has 1 fully saturated rings. The largest absolute Gasteiger partial charge is 0.450 e. The summed E-state index contributed by atoms with van der Waals surface area (Å²) in [7, 11) is 0. The first-order chi connectivity index (χ1) is 6.84. The van der Waals surface area contributed by atoms with Crippen molar-refractivity contribution in [3.8, 4) is 0 Å². The number of hydrogen-bond donors (Lipinski definition) is 0. The van der Waals surface area contributed by atoms with Crippen LogP contribution in [0.3, 0.4) is 0 Å². The van der Waals surface area contributed by atoms with Crippen molar-refractivity contribution in [1.82, 2.24) is 4.90 Å². The van der Waals surface area contributed by atoms with Gasteiger partial charge in [0.1, 0.15) is 4.49 Å². The Bertz CT molecular complexity index is 309. The number of nitrogens with zero attached hydrogens (tertiary/aromatic N) is 1. The first-order valence-electron chi connectivity index (χ1n) is 4.81. The number of hydrogen-bond acceptors (Lipinski definition) is 2. The van der Waals surface area contributed by atoms with Crippen LogP contribution in [0.5, 0.6) is 0 Å². The third kappa shape index (κ3) is 2.23. The van der Waals surface area contributed by atoms with Gasteiger partial charge in [-0.3, -0.25) is 4.90 Å². The van der Waals surface area contributed by atoms with Crippen LogP contribution in [0.15, 0.2) is 10.1 Å². The summed E-state index contributed by atoms with van der Waals surface area (Å²) in [6.07, 6.45) is -0.318. The van der Waals surface area contributed by atoms with Gasteiger partial charge in [-0.2, -0.15) is 0 Å². The molecule has 0 radical (unpaired) electrons. The summed E-state index contributed by atoms with van der Waals surface area (Å²) in [5.41, 5.74) is 0.544. The zero-order valence-corrected chi connectivity index (χ0v) is 10.8. The lowest BCUT2D eigenvalue weighted by atomic mass is 10.1. The topological polar surface area (TPSA) is 29.3 Å². The molecule has 0 saturated carbocycles. The Hall–Kier alpha value is -0.410. The highest BCUT2D eigenvalue weighted by Gasteiger charge is 2.60. The van der Waals surface area contributed by atoms with Crippen molar-refractivity contribution < 1.29 is 9.53 Å². The Labute approximate surface area is 100.0 Å². The zero-order chi connectivity index (χ0) is 11.8. The second-order valence-corrected chi connectivity index (χ2v) is 5.02. The van der Waals surface area contributed by atoms with Gasteiger partial charge in [-0.1, -0.05) is 23.2 Å². The summed E-state index contributed by atoms with van der Waals surface area (Å²) in [5.74, 6) is 0. The molecule has 0 N–H and O–H groups in total. The molecule has 0 spiro atoms. The van der Waals surface area contributed by atoms with E-state index < -0.39 is 0 Å². The quantitative estimate of drug-likeness (QED) is 0.705. The molecule has 86 valence electrons. The van der Waals surface area contributed by atoms with E-state index >= 15 is 0 Å². The molecule has 1 atom stereocenters. The fourth-order valence-corrected chi connectivity index (χ4v) is 2.05. The summed E-state index contributed by atoms with van der Waals surface area (Å²) < 4.78 is 5.16. The van der Waals surface area contributed by atoms with Crippen molar-refractivity contribution in [2.75, 3.05) is 6.61 Å². The monoisotopic (exact) mass is 251 g/mol. The number of carbonyl (C=O) groups excluding carboxylic acids is 1. The van der Waals surface area contributed by atoms with Crippen LogP contribution in [-0.4, -0.2) is 29.2 Å². The molecule has 0 aromatic heterocycles. The van der Waals surface area contributed by atoms with Crippen molar-refractivity contribution in [2.24, 2.45) is 0 Å². The maximum absolute atomic E-state index is 11.6. The van der Waals surface area contributed by atoms with E-state index in [1.807, 2.05) is 20.8 Å². The number of halogens is 2. The molecule has 1 amide bonds. The third-order valence-corrected chi connectivity index (χ3v) is 3.25. The molecule has 0 aromatic carbocycles. The number of ether oxygens (including phenoxy) is 1. The number of carbonyl (C=O) groups is 1. The summed E-state index contributed by atoms with van der Waals surface area (Å²) >= 11 is 11.4. The van der Waals surface area contributed by atoms with Gasteiger partial charge < -0.3 is 4.74 Å². The Balaban J connectivity index is 2.80. The Morgan fingerprint density at radius 2 is 2.00 bits per heavy atom. The minimum absolute atomic E-state index is 0.0541. The van der Waals surface area contributed by atoms with Crippen LogP contribution in [0, 0.1) is 0 Å². The molecule has 0 bridgehead atoms. The lowest BCUT2D eigenvalue weighted by Gasteiger charge is -2.05. The fraction of sp³-hybridized carbons (Fsp3) is 0.700. The van der Waals surface area contributed by atoms with Gasteiger partial charge in [-0.25, -0.2) is 4.79 Å². The van der Waals surface area contributed by atoms with Gasteiger partial charge in [0.15, 0.2) is 0 Å². The summed E-state index contributed by atoms with van der Waals surface area (Å²) in [6, 6.07) is -0.0541. The van der Waals surface area contributed by atoms with Crippen LogP contribution in [0.2, 0.25) is 0 Å². The highest BCUT2D eigenvalue weighted by Crippen LogP contribution is 2.46. The summed E-state index contributed by atoms with van der Waals surface area (Å²) in [5, 5.41) is 0. The van der Waals surface area contributed by atoms with E-state index in [9.17, 15) is 4.79 Å². The highest BCUT2D eigenvalue weighted by atomic mass is 35.5. The zero-order valence-electron chi connectivity index (χ0n) is 9.30. The number of rotatable bonds is 2. The molecule has 1 unspecified atom stereocenters. The predicted molar refractivity (Wildman–Crippen MR) is 61.1 cm³/mol. The summed E-state index contributed by atoms with van der Waals surface area (Å²) in [4.78, 5) is 13.2. The average Bonchev–Trinajstić information content (AvgIpc) is 2.68. The molecular formula is C10H15Cl2NO2. The Morgan fingerprint density at radius 3 is 2.40 bits per heavy atom. The van der Waals surface area contributed by atoms with Crippen LogP contribution in [-0.2, 0) is 4.74 Å². The first kappa shape index (κ1) is 12.7. The lowest BCUT2D eigenvalue weighted by Crippen LogP contribution is -2.19. The van der Waals surface area contributed by atoms with Gasteiger partial charge in [-0.05, 0) is 33.3 Å². The van der Waals surface area contributed by atoms with E-state index in [0.29, 0.717) is 6.61 Å². The van der Waals surface area contributed by atoms with Crippen molar-refractivity contribution >= 4 is 29.3 Å². The van der Waals surface area contributed by atoms with Crippen molar-refractivity contribution in [3.05, 3.63) is 10.1 Å². The van der Waals surface area contributed by atoms with Crippen molar-refractivity contribution in [1.29, 1.82) is 0 Å². The van der Waals surface area contributed by atoms with Gasteiger partial charge in [0.05, 0.1) is 18.2 Å². The van der Waals surface area contributed by atoms with Crippen LogP contribution >= 0.6 is 23.2 Å². The number of amides is 1. The van der Waals surface area contributed by atoms with E-state index in [1.165, 1.54) is 0 Å². The van der Waals surface area contributed by atoms with Gasteiger partial charge >= 0.3 is 6.09 Å². The van der Waals surface area contributed by atoms with Gasteiger partial charge in [0, 0.05) is 0 Å². The predicted octanol–water partition coefficient (Wildman–Crippen LogP) is 3.31. The third-order valence-electron chi connectivity index (χ3n) is 2.65. The van der Waals surface area contributed by atoms with E-state index in [2.05, 4.69) is 0 Å². The summed E-state index contributed by atoms with van der Waals surface area (Å²) in [6.45, 7) is 7.88. The smallest absolute Gasteiger partial charge is 0.410 e. The van der Waals surface area contributed by atoms with Crippen LogP contribution in [0.25, 0.3) is 0 Å². The van der Waals surface area contributed by atoms with Gasteiger partial charge in [0.25, 0.3) is 0 Å². The minimum Gasteiger partial charge on any atom is -0.450 e. The fourth-order valence-electron chi connectivity index (χ4n) is 1.85. The standard InChI is InChI=1S/C10H15Cl2NO2/c1-5-15-9(14)13-7(10(13,3)4)6(2)8(11)12/h7H,5H2,1-4H3. The average molecular weight is 252 g/mol. The maximum Gasteiger partial charge on any atom is 0.410 e.